The maximum atomic E-state index is 7.55. The van der Waals surface area contributed by atoms with Crippen molar-refractivity contribution in [2.75, 3.05) is 0 Å². The van der Waals surface area contributed by atoms with Crippen LogP contribution in [0.15, 0.2) is 73.3 Å². The smallest absolute Gasteiger partial charge is 0.158 e. The molecule has 2 aromatic heterocycles. The van der Waals surface area contributed by atoms with Crippen LogP contribution in [0.5, 0.6) is 0 Å². The molecule has 4 aromatic rings. The van der Waals surface area contributed by atoms with Gasteiger partial charge >= 0.3 is 0 Å². The minimum atomic E-state index is -0.181. The molecule has 3 N–H and O–H groups in total. The molecule has 1 fully saturated rings. The van der Waals surface area contributed by atoms with Gasteiger partial charge in [-0.15, -0.1) is 6.58 Å². The largest absolute Gasteiger partial charge is 0.321 e. The summed E-state index contributed by atoms with van der Waals surface area (Å²) >= 11 is 0. The average Bonchev–Trinajstić information content (AvgIpc) is 3.18. The van der Waals surface area contributed by atoms with E-state index < -0.39 is 0 Å². The first-order valence-electron chi connectivity index (χ1n) is 11.1. The van der Waals surface area contributed by atoms with Gasteiger partial charge in [0.15, 0.2) is 5.65 Å². The first kappa shape index (κ1) is 20.3. The molecular weight excluding hydrogens is 394 g/mol. The fraction of sp³-hybridized carbons (Fsp3) is 0.222. The molecule has 5 rings (SSSR count). The Balaban J connectivity index is 1.73. The van der Waals surface area contributed by atoms with Crippen LogP contribution >= 0.6 is 0 Å². The molecule has 1 saturated carbocycles. The molecule has 5 heteroatoms. The second-order valence-electron chi connectivity index (χ2n) is 8.56. The van der Waals surface area contributed by atoms with Crippen LogP contribution in [0.25, 0.3) is 28.2 Å². The molecule has 0 unspecified atom stereocenters. The number of nitrogens with one attached hydrogen (secondary N) is 1. The van der Waals surface area contributed by atoms with Crippen molar-refractivity contribution in [2.45, 2.75) is 37.6 Å². The first-order chi connectivity index (χ1) is 15.6. The standard InChI is InChI=1S/C27H27N5/c1-2-7-21-18-23(14-17-28)31-32-25(20-8-4-3-5-9-20)24(30-26(21)32)19-10-12-22(13-11-19)27(29)15-6-16-27/h2-5,8-13,17-18,28H,1,6-7,14-16,29H2. The lowest BCUT2D eigenvalue weighted by Gasteiger charge is -2.38. The lowest BCUT2D eigenvalue weighted by Crippen LogP contribution is -2.43. The van der Waals surface area contributed by atoms with Gasteiger partial charge in [0.25, 0.3) is 0 Å². The fourth-order valence-corrected chi connectivity index (χ4v) is 4.51. The molecule has 0 bridgehead atoms. The number of aromatic nitrogens is 3. The van der Waals surface area contributed by atoms with Crippen molar-refractivity contribution in [3.8, 4) is 22.5 Å². The third kappa shape index (κ3) is 3.45. The lowest BCUT2D eigenvalue weighted by atomic mass is 9.72. The monoisotopic (exact) mass is 421 g/mol. The third-order valence-corrected chi connectivity index (χ3v) is 6.41. The van der Waals surface area contributed by atoms with E-state index in [-0.39, 0.29) is 5.54 Å². The van der Waals surface area contributed by atoms with E-state index in [9.17, 15) is 0 Å². The van der Waals surface area contributed by atoms with Gasteiger partial charge in [-0.05, 0) is 37.3 Å². The van der Waals surface area contributed by atoms with E-state index in [1.54, 1.807) is 0 Å². The van der Waals surface area contributed by atoms with Gasteiger partial charge in [-0.1, -0.05) is 60.7 Å². The summed E-state index contributed by atoms with van der Waals surface area (Å²) in [7, 11) is 0. The van der Waals surface area contributed by atoms with Crippen molar-refractivity contribution >= 4 is 11.9 Å². The Morgan fingerprint density at radius 3 is 2.41 bits per heavy atom. The van der Waals surface area contributed by atoms with Gasteiger partial charge in [0.2, 0.25) is 0 Å². The molecule has 160 valence electrons. The van der Waals surface area contributed by atoms with Gasteiger partial charge in [0.1, 0.15) is 5.69 Å². The average molecular weight is 422 g/mol. The Labute approximate surface area is 188 Å². The molecule has 2 heterocycles. The molecule has 32 heavy (non-hydrogen) atoms. The van der Waals surface area contributed by atoms with E-state index in [0.29, 0.717) is 12.8 Å². The van der Waals surface area contributed by atoms with E-state index in [1.165, 1.54) is 18.2 Å². The van der Waals surface area contributed by atoms with Gasteiger partial charge in [0.05, 0.1) is 11.4 Å². The van der Waals surface area contributed by atoms with Crippen LogP contribution in [0.3, 0.4) is 0 Å². The summed E-state index contributed by atoms with van der Waals surface area (Å²) < 4.78 is 1.94. The lowest BCUT2D eigenvalue weighted by molar-refractivity contribution is 0.253. The van der Waals surface area contributed by atoms with Gasteiger partial charge in [-0.25, -0.2) is 9.50 Å². The number of allylic oxidation sites excluding steroid dienone is 1. The first-order valence-corrected chi connectivity index (χ1v) is 11.1. The molecule has 0 aliphatic heterocycles. The Morgan fingerprint density at radius 1 is 1.03 bits per heavy atom. The number of nitrogens with zero attached hydrogens (tertiary/aromatic N) is 3. The highest BCUT2D eigenvalue weighted by Crippen LogP contribution is 2.40. The minimum Gasteiger partial charge on any atom is -0.321 e. The van der Waals surface area contributed by atoms with E-state index in [4.69, 9.17) is 21.2 Å². The second-order valence-corrected chi connectivity index (χ2v) is 8.56. The number of hydrogen-bond acceptors (Lipinski definition) is 4. The minimum absolute atomic E-state index is 0.181. The molecular formula is C27H27N5. The summed E-state index contributed by atoms with van der Waals surface area (Å²) in [5.41, 5.74) is 14.2. The van der Waals surface area contributed by atoms with Crippen LogP contribution in [0.2, 0.25) is 0 Å². The van der Waals surface area contributed by atoms with Gasteiger partial charge in [-0.2, -0.15) is 5.10 Å². The molecule has 0 spiro atoms. The number of fused-ring (bicyclic) bond motifs is 1. The molecule has 0 radical (unpaired) electrons. The van der Waals surface area contributed by atoms with Crippen LogP contribution in [-0.4, -0.2) is 20.8 Å². The summed E-state index contributed by atoms with van der Waals surface area (Å²) in [6, 6.07) is 20.8. The van der Waals surface area contributed by atoms with E-state index in [1.807, 2.05) is 34.9 Å². The molecule has 0 saturated heterocycles. The van der Waals surface area contributed by atoms with Crippen molar-refractivity contribution in [1.29, 1.82) is 5.41 Å². The van der Waals surface area contributed by atoms with Crippen molar-refractivity contribution in [2.24, 2.45) is 5.73 Å². The SMILES string of the molecule is C=CCc1cc(CC=N)nn2c(-c3ccccc3)c(-c3ccc(C4(N)CCC4)cc3)nc12. The summed E-state index contributed by atoms with van der Waals surface area (Å²) in [6.07, 6.45) is 7.72. The van der Waals surface area contributed by atoms with Gasteiger partial charge in [-0.3, -0.25) is 0 Å². The van der Waals surface area contributed by atoms with E-state index in [2.05, 4.69) is 43.0 Å². The fourth-order valence-electron chi connectivity index (χ4n) is 4.51. The molecule has 0 amide bonds. The highest BCUT2D eigenvalue weighted by atomic mass is 15.3. The molecule has 1 aliphatic carbocycles. The zero-order chi connectivity index (χ0) is 22.1. The highest BCUT2D eigenvalue weighted by molar-refractivity contribution is 5.82. The van der Waals surface area contributed by atoms with E-state index >= 15 is 0 Å². The van der Waals surface area contributed by atoms with Crippen LogP contribution < -0.4 is 5.73 Å². The molecule has 1 aliphatic rings. The van der Waals surface area contributed by atoms with Crippen molar-refractivity contribution in [3.05, 3.63) is 90.1 Å². The van der Waals surface area contributed by atoms with Crippen LogP contribution in [0, 0.1) is 5.41 Å². The number of benzene rings is 2. The maximum absolute atomic E-state index is 7.55. The third-order valence-electron chi connectivity index (χ3n) is 6.41. The topological polar surface area (TPSA) is 80.1 Å². The Morgan fingerprint density at radius 2 is 1.78 bits per heavy atom. The summed E-state index contributed by atoms with van der Waals surface area (Å²) in [6.45, 7) is 3.92. The van der Waals surface area contributed by atoms with Gasteiger partial charge in [0, 0.05) is 34.9 Å². The number of imidazole rings is 1. The Bertz CT molecular complexity index is 1280. The summed E-state index contributed by atoms with van der Waals surface area (Å²) in [4.78, 5) is 5.07. The maximum Gasteiger partial charge on any atom is 0.158 e. The normalized spacial score (nSPS) is 14.8. The Hall–Kier alpha value is -3.57. The highest BCUT2D eigenvalue weighted by Gasteiger charge is 2.34. The summed E-state index contributed by atoms with van der Waals surface area (Å²) in [5.74, 6) is 0. The molecule has 0 atom stereocenters. The quantitative estimate of drug-likeness (QED) is 0.313. The number of rotatable bonds is 7. The van der Waals surface area contributed by atoms with Crippen LogP contribution in [0.4, 0.5) is 0 Å². The molecule has 2 aromatic carbocycles. The summed E-state index contributed by atoms with van der Waals surface area (Å²) in [5, 5.41) is 12.4. The van der Waals surface area contributed by atoms with E-state index in [0.717, 1.165) is 52.3 Å². The predicted molar refractivity (Wildman–Crippen MR) is 130 cm³/mol. The second kappa shape index (κ2) is 8.17. The van der Waals surface area contributed by atoms with Crippen molar-refractivity contribution < 1.29 is 0 Å². The van der Waals surface area contributed by atoms with Crippen molar-refractivity contribution in [1.82, 2.24) is 14.6 Å². The predicted octanol–water partition coefficient (Wildman–Crippen LogP) is 5.32. The van der Waals surface area contributed by atoms with Crippen LogP contribution in [-0.2, 0) is 18.4 Å². The van der Waals surface area contributed by atoms with Crippen LogP contribution in [0.1, 0.15) is 36.1 Å². The molecule has 5 nitrogen and oxygen atoms in total. The zero-order valence-corrected chi connectivity index (χ0v) is 18.1. The number of nitrogens with two attached hydrogens (primary N) is 1. The zero-order valence-electron chi connectivity index (χ0n) is 18.1. The Kier molecular flexibility index (Phi) is 5.19. The number of hydrogen-bond donors (Lipinski definition) is 2. The van der Waals surface area contributed by atoms with Crippen molar-refractivity contribution in [3.63, 3.8) is 0 Å². The van der Waals surface area contributed by atoms with Gasteiger partial charge < -0.3 is 11.1 Å².